The van der Waals surface area contributed by atoms with E-state index in [1.165, 1.54) is 0 Å². The molecule has 0 fully saturated rings. The van der Waals surface area contributed by atoms with Crippen molar-refractivity contribution in [2.45, 2.75) is 19.3 Å². The number of H-pyrrole nitrogens is 1. The molecule has 0 saturated heterocycles. The third kappa shape index (κ3) is 2.58. The Kier molecular flexibility index (Phi) is 3.52. The van der Waals surface area contributed by atoms with Crippen LogP contribution in [-0.4, -0.2) is 22.3 Å². The molecular weight excluding hydrogens is 276 g/mol. The van der Waals surface area contributed by atoms with E-state index in [9.17, 15) is 4.79 Å². The highest BCUT2D eigenvalue weighted by molar-refractivity contribution is 6.30. The molecule has 5 nitrogen and oxygen atoms in total. The molecule has 1 aromatic heterocycles. The van der Waals surface area contributed by atoms with Crippen LogP contribution in [-0.2, 0) is 12.8 Å². The standard InChI is InChI=1S/C14H13ClN4O/c15-10-4-1-3-9(7-10)8-16-19-14(20)13-11-5-2-6-12(11)17-18-13/h1,3-4,7-8H,2,5-6H2,(H,17,18)(H,19,20)/b16-8+. The van der Waals surface area contributed by atoms with Gasteiger partial charge >= 0.3 is 0 Å². The fraction of sp³-hybridized carbons (Fsp3) is 0.214. The molecule has 1 amide bonds. The van der Waals surface area contributed by atoms with Crippen molar-refractivity contribution < 1.29 is 4.79 Å². The molecule has 0 saturated carbocycles. The molecule has 2 N–H and O–H groups in total. The van der Waals surface area contributed by atoms with E-state index in [-0.39, 0.29) is 5.91 Å². The van der Waals surface area contributed by atoms with Crippen LogP contribution >= 0.6 is 11.6 Å². The smallest absolute Gasteiger partial charge is 0.281 e. The number of aromatic nitrogens is 2. The van der Waals surface area contributed by atoms with Crippen molar-refractivity contribution in [3.63, 3.8) is 0 Å². The van der Waals surface area contributed by atoms with Crippen molar-refractivity contribution in [2.24, 2.45) is 5.10 Å². The van der Waals surface area contributed by atoms with Crippen LogP contribution in [0.5, 0.6) is 0 Å². The van der Waals surface area contributed by atoms with Crippen molar-refractivity contribution in [1.29, 1.82) is 0 Å². The number of hydrogen-bond donors (Lipinski definition) is 2. The first-order valence-electron chi connectivity index (χ1n) is 6.39. The number of amides is 1. The summed E-state index contributed by atoms with van der Waals surface area (Å²) >= 11 is 5.87. The third-order valence-corrected chi connectivity index (χ3v) is 3.48. The van der Waals surface area contributed by atoms with E-state index >= 15 is 0 Å². The lowest BCUT2D eigenvalue weighted by atomic mass is 10.2. The second kappa shape index (κ2) is 5.46. The lowest BCUT2D eigenvalue weighted by molar-refractivity contribution is 0.0949. The van der Waals surface area contributed by atoms with Crippen LogP contribution in [0.2, 0.25) is 5.02 Å². The predicted molar refractivity (Wildman–Crippen MR) is 77.1 cm³/mol. The maximum absolute atomic E-state index is 12.0. The lowest BCUT2D eigenvalue weighted by Gasteiger charge is -1.98. The van der Waals surface area contributed by atoms with Gasteiger partial charge < -0.3 is 0 Å². The summed E-state index contributed by atoms with van der Waals surface area (Å²) in [6.07, 6.45) is 4.47. The van der Waals surface area contributed by atoms with Crippen molar-refractivity contribution in [3.8, 4) is 0 Å². The average Bonchev–Trinajstić information content (AvgIpc) is 3.00. The SMILES string of the molecule is O=C(N/N=C/c1cccc(Cl)c1)c1n[nH]c2c1CCC2. The third-order valence-electron chi connectivity index (χ3n) is 3.25. The van der Waals surface area contributed by atoms with E-state index in [1.54, 1.807) is 18.3 Å². The summed E-state index contributed by atoms with van der Waals surface area (Å²) in [5.74, 6) is -0.289. The largest absolute Gasteiger partial charge is 0.292 e. The summed E-state index contributed by atoms with van der Waals surface area (Å²) in [6, 6.07) is 7.23. The zero-order valence-electron chi connectivity index (χ0n) is 10.7. The molecule has 0 bridgehead atoms. The van der Waals surface area contributed by atoms with Crippen LogP contribution in [0.1, 0.15) is 33.7 Å². The first kappa shape index (κ1) is 12.9. The zero-order valence-corrected chi connectivity index (χ0v) is 11.4. The maximum Gasteiger partial charge on any atom is 0.292 e. The number of aryl methyl sites for hydroxylation is 1. The molecule has 102 valence electrons. The minimum atomic E-state index is -0.289. The van der Waals surface area contributed by atoms with E-state index in [1.807, 2.05) is 12.1 Å². The number of benzene rings is 1. The summed E-state index contributed by atoms with van der Waals surface area (Å²) in [5.41, 5.74) is 5.84. The average molecular weight is 289 g/mol. The van der Waals surface area contributed by atoms with Gasteiger partial charge in [0.05, 0.1) is 6.21 Å². The van der Waals surface area contributed by atoms with Gasteiger partial charge in [0.2, 0.25) is 0 Å². The highest BCUT2D eigenvalue weighted by Crippen LogP contribution is 2.22. The second-order valence-electron chi connectivity index (χ2n) is 4.64. The van der Waals surface area contributed by atoms with Crippen LogP contribution in [0.3, 0.4) is 0 Å². The van der Waals surface area contributed by atoms with Crippen molar-refractivity contribution >= 4 is 23.7 Å². The summed E-state index contributed by atoms with van der Waals surface area (Å²) < 4.78 is 0. The Bertz CT molecular complexity index is 678. The summed E-state index contributed by atoms with van der Waals surface area (Å²) in [4.78, 5) is 12.0. The normalized spacial score (nSPS) is 13.7. The van der Waals surface area contributed by atoms with Crippen LogP contribution in [0.15, 0.2) is 29.4 Å². The number of aromatic amines is 1. The molecule has 6 heteroatoms. The summed E-state index contributed by atoms with van der Waals surface area (Å²) in [6.45, 7) is 0. The topological polar surface area (TPSA) is 70.1 Å². The van der Waals surface area contributed by atoms with Gasteiger partial charge in [0.1, 0.15) is 0 Å². The molecule has 0 unspecified atom stereocenters. The van der Waals surface area contributed by atoms with E-state index in [0.29, 0.717) is 10.7 Å². The van der Waals surface area contributed by atoms with E-state index in [0.717, 1.165) is 36.1 Å². The molecular formula is C14H13ClN4O. The van der Waals surface area contributed by atoms with Gasteiger partial charge in [-0.1, -0.05) is 23.7 Å². The maximum atomic E-state index is 12.0. The molecule has 1 aromatic carbocycles. The molecule has 1 aliphatic carbocycles. The Morgan fingerprint density at radius 3 is 3.20 bits per heavy atom. The fourth-order valence-corrected chi connectivity index (χ4v) is 2.51. The highest BCUT2D eigenvalue weighted by atomic mass is 35.5. The number of hydrogen-bond acceptors (Lipinski definition) is 3. The predicted octanol–water partition coefficient (Wildman–Crippen LogP) is 2.32. The Morgan fingerprint density at radius 2 is 2.35 bits per heavy atom. The number of carbonyl (C=O) groups excluding carboxylic acids is 1. The highest BCUT2D eigenvalue weighted by Gasteiger charge is 2.22. The van der Waals surface area contributed by atoms with Gasteiger partial charge in [0, 0.05) is 16.3 Å². The molecule has 1 heterocycles. The minimum Gasteiger partial charge on any atom is -0.281 e. The number of carbonyl (C=O) groups is 1. The number of nitrogens with zero attached hydrogens (tertiary/aromatic N) is 2. The van der Waals surface area contributed by atoms with Crippen molar-refractivity contribution in [1.82, 2.24) is 15.6 Å². The monoisotopic (exact) mass is 288 g/mol. The van der Waals surface area contributed by atoms with Gasteiger partial charge in [-0.3, -0.25) is 9.89 Å². The van der Waals surface area contributed by atoms with Gasteiger partial charge in [0.25, 0.3) is 5.91 Å². The number of halogens is 1. The molecule has 3 rings (SSSR count). The number of nitrogens with one attached hydrogen (secondary N) is 2. The van der Waals surface area contributed by atoms with Gasteiger partial charge in [-0.2, -0.15) is 10.2 Å². The Balaban J connectivity index is 1.67. The van der Waals surface area contributed by atoms with Gasteiger partial charge in [0.15, 0.2) is 5.69 Å². The Morgan fingerprint density at radius 1 is 1.45 bits per heavy atom. The number of rotatable bonds is 3. The first-order valence-corrected chi connectivity index (χ1v) is 6.77. The van der Waals surface area contributed by atoms with E-state index < -0.39 is 0 Å². The molecule has 0 spiro atoms. The molecule has 0 atom stereocenters. The quantitative estimate of drug-likeness (QED) is 0.672. The van der Waals surface area contributed by atoms with E-state index in [2.05, 4.69) is 20.7 Å². The summed E-state index contributed by atoms with van der Waals surface area (Å²) in [7, 11) is 0. The van der Waals surface area contributed by atoms with Gasteiger partial charge in [-0.25, -0.2) is 5.43 Å². The van der Waals surface area contributed by atoms with E-state index in [4.69, 9.17) is 11.6 Å². The Labute approximate surface area is 121 Å². The summed E-state index contributed by atoms with van der Waals surface area (Å²) in [5, 5.41) is 11.5. The minimum absolute atomic E-state index is 0.289. The second-order valence-corrected chi connectivity index (χ2v) is 5.07. The molecule has 0 aliphatic heterocycles. The van der Waals surface area contributed by atoms with Crippen LogP contribution in [0, 0.1) is 0 Å². The Hall–Kier alpha value is -2.14. The molecule has 0 radical (unpaired) electrons. The van der Waals surface area contributed by atoms with Crippen molar-refractivity contribution in [2.75, 3.05) is 0 Å². The van der Waals surface area contributed by atoms with Crippen LogP contribution in [0.25, 0.3) is 0 Å². The lowest BCUT2D eigenvalue weighted by Crippen LogP contribution is -2.19. The number of hydrazone groups is 1. The van der Waals surface area contributed by atoms with Crippen LogP contribution in [0.4, 0.5) is 0 Å². The zero-order chi connectivity index (χ0) is 13.9. The van der Waals surface area contributed by atoms with Crippen LogP contribution < -0.4 is 5.43 Å². The first-order chi connectivity index (χ1) is 9.74. The fourth-order valence-electron chi connectivity index (χ4n) is 2.31. The molecule has 20 heavy (non-hydrogen) atoms. The van der Waals surface area contributed by atoms with Gasteiger partial charge in [-0.15, -0.1) is 0 Å². The molecule has 1 aliphatic rings. The van der Waals surface area contributed by atoms with Crippen molar-refractivity contribution in [3.05, 3.63) is 51.8 Å². The molecule has 2 aromatic rings. The number of fused-ring (bicyclic) bond motifs is 1. The van der Waals surface area contributed by atoms with Gasteiger partial charge in [-0.05, 0) is 37.0 Å².